The van der Waals surface area contributed by atoms with Gasteiger partial charge in [0, 0.05) is 25.2 Å². The summed E-state index contributed by atoms with van der Waals surface area (Å²) in [6, 6.07) is 3.40. The van der Waals surface area contributed by atoms with Crippen LogP contribution in [0.25, 0.3) is 0 Å². The van der Waals surface area contributed by atoms with Crippen LogP contribution < -0.4 is 5.32 Å². The fourth-order valence-electron chi connectivity index (χ4n) is 1.42. The zero-order chi connectivity index (χ0) is 17.6. The molecule has 0 fully saturated rings. The summed E-state index contributed by atoms with van der Waals surface area (Å²) in [5.74, 6) is -2.11. The Balaban J connectivity index is 2.64. The first-order valence-corrected chi connectivity index (χ1v) is 6.68. The lowest BCUT2D eigenvalue weighted by molar-refractivity contribution is -0.385. The number of ether oxygens (including phenoxy) is 1. The van der Waals surface area contributed by atoms with Crippen molar-refractivity contribution in [3.63, 3.8) is 0 Å². The van der Waals surface area contributed by atoms with E-state index >= 15 is 0 Å². The summed E-state index contributed by atoms with van der Waals surface area (Å²) < 4.78 is 4.69. The maximum atomic E-state index is 11.8. The number of amides is 2. The molecule has 23 heavy (non-hydrogen) atoms. The minimum Gasteiger partial charge on any atom is -0.452 e. The lowest BCUT2D eigenvalue weighted by Gasteiger charge is -2.11. The Morgan fingerprint density at radius 3 is 2.57 bits per heavy atom. The summed E-state index contributed by atoms with van der Waals surface area (Å²) in [7, 11) is 3.04. The second-order valence-electron chi connectivity index (χ2n) is 4.56. The van der Waals surface area contributed by atoms with Gasteiger partial charge in [0.25, 0.3) is 11.6 Å². The number of nitro groups is 1. The molecule has 9 nitrogen and oxygen atoms in total. The van der Waals surface area contributed by atoms with Crippen LogP contribution in [0.2, 0.25) is 5.02 Å². The highest BCUT2D eigenvalue weighted by Crippen LogP contribution is 2.23. The Morgan fingerprint density at radius 1 is 1.35 bits per heavy atom. The summed E-state index contributed by atoms with van der Waals surface area (Å²) >= 11 is 5.69. The molecule has 0 bridgehead atoms. The third-order valence-corrected chi connectivity index (χ3v) is 2.88. The first-order valence-electron chi connectivity index (χ1n) is 6.30. The molecule has 0 aliphatic carbocycles. The van der Waals surface area contributed by atoms with Crippen LogP contribution in [0.5, 0.6) is 0 Å². The van der Waals surface area contributed by atoms with Gasteiger partial charge in [-0.3, -0.25) is 19.7 Å². The van der Waals surface area contributed by atoms with Gasteiger partial charge in [0.05, 0.1) is 11.5 Å². The molecule has 2 amide bonds. The smallest absolute Gasteiger partial charge is 0.345 e. The molecule has 1 aromatic rings. The van der Waals surface area contributed by atoms with Crippen LogP contribution in [0.15, 0.2) is 18.2 Å². The van der Waals surface area contributed by atoms with Crippen LogP contribution in [0.4, 0.5) is 5.69 Å². The number of rotatable bonds is 6. The molecule has 0 aromatic heterocycles. The van der Waals surface area contributed by atoms with E-state index in [1.807, 2.05) is 0 Å². The van der Waals surface area contributed by atoms with Gasteiger partial charge in [-0.1, -0.05) is 11.6 Å². The Hall–Kier alpha value is -2.68. The number of hydrogen-bond acceptors (Lipinski definition) is 6. The number of benzene rings is 1. The predicted octanol–water partition coefficient (Wildman–Crippen LogP) is 0.609. The van der Waals surface area contributed by atoms with E-state index in [9.17, 15) is 24.5 Å². The number of halogens is 1. The average Bonchev–Trinajstić information content (AvgIpc) is 2.49. The Morgan fingerprint density at radius 2 is 2.00 bits per heavy atom. The molecular formula is C13H14ClN3O6. The number of carbonyl (C=O) groups excluding carboxylic acids is 3. The van der Waals surface area contributed by atoms with Crippen molar-refractivity contribution in [1.82, 2.24) is 10.2 Å². The van der Waals surface area contributed by atoms with Crippen molar-refractivity contribution >= 4 is 35.1 Å². The van der Waals surface area contributed by atoms with Gasteiger partial charge in [-0.05, 0) is 12.1 Å². The number of likely N-dealkylation sites (N-methyl/N-ethyl adjacent to an activating group) is 1. The summed E-state index contributed by atoms with van der Waals surface area (Å²) in [6.07, 6.45) is 0. The number of esters is 1. The van der Waals surface area contributed by atoms with E-state index in [1.165, 1.54) is 25.1 Å². The summed E-state index contributed by atoms with van der Waals surface area (Å²) in [5, 5.41) is 13.2. The third-order valence-electron chi connectivity index (χ3n) is 2.65. The van der Waals surface area contributed by atoms with Crippen LogP contribution in [-0.4, -0.2) is 54.9 Å². The van der Waals surface area contributed by atoms with Crippen molar-refractivity contribution in [3.8, 4) is 0 Å². The van der Waals surface area contributed by atoms with Crippen molar-refractivity contribution in [3.05, 3.63) is 38.9 Å². The highest BCUT2D eigenvalue weighted by atomic mass is 35.5. The van der Waals surface area contributed by atoms with E-state index in [2.05, 4.69) is 10.1 Å². The maximum Gasteiger partial charge on any atom is 0.345 e. The SMILES string of the molecule is CN(C)C(=O)CNC(=O)COC(=O)c1cc(Cl)ccc1[N+](=O)[O-]. The minimum absolute atomic E-state index is 0.114. The number of nitrogens with zero attached hydrogens (tertiary/aromatic N) is 2. The van der Waals surface area contributed by atoms with Gasteiger partial charge in [0.15, 0.2) is 6.61 Å². The average molecular weight is 344 g/mol. The molecule has 0 spiro atoms. The normalized spacial score (nSPS) is 9.87. The molecule has 10 heteroatoms. The topological polar surface area (TPSA) is 119 Å². The Bertz CT molecular complexity index is 647. The maximum absolute atomic E-state index is 11.8. The van der Waals surface area contributed by atoms with Crippen molar-refractivity contribution in [1.29, 1.82) is 0 Å². The standard InChI is InChI=1S/C13H14ClN3O6/c1-16(2)12(19)6-15-11(18)7-23-13(20)9-5-8(14)3-4-10(9)17(21)22/h3-5H,6-7H2,1-2H3,(H,15,18). The minimum atomic E-state index is -1.06. The zero-order valence-corrected chi connectivity index (χ0v) is 13.1. The quantitative estimate of drug-likeness (QED) is 0.459. The molecule has 1 rings (SSSR count). The molecule has 0 heterocycles. The van der Waals surface area contributed by atoms with Crippen molar-refractivity contribution in [2.45, 2.75) is 0 Å². The number of carbonyl (C=O) groups is 3. The van der Waals surface area contributed by atoms with Crippen LogP contribution in [0.1, 0.15) is 10.4 Å². The fraction of sp³-hybridized carbons (Fsp3) is 0.308. The summed E-state index contributed by atoms with van der Waals surface area (Å²) in [5.41, 5.74) is -0.845. The van der Waals surface area contributed by atoms with Gasteiger partial charge >= 0.3 is 5.97 Å². The molecule has 1 aromatic carbocycles. The van der Waals surface area contributed by atoms with Crippen LogP contribution in [0.3, 0.4) is 0 Å². The molecule has 0 aliphatic rings. The second-order valence-corrected chi connectivity index (χ2v) is 5.00. The highest BCUT2D eigenvalue weighted by molar-refractivity contribution is 6.31. The van der Waals surface area contributed by atoms with E-state index in [-0.39, 0.29) is 23.0 Å². The van der Waals surface area contributed by atoms with E-state index in [1.54, 1.807) is 0 Å². The van der Waals surface area contributed by atoms with Gasteiger partial charge in [0.1, 0.15) is 5.56 Å². The summed E-state index contributed by atoms with van der Waals surface area (Å²) in [6.45, 7) is -0.927. The number of hydrogen-bond donors (Lipinski definition) is 1. The lowest BCUT2D eigenvalue weighted by atomic mass is 10.2. The molecule has 0 atom stereocenters. The van der Waals surface area contributed by atoms with Gasteiger partial charge in [-0.2, -0.15) is 0 Å². The van der Waals surface area contributed by atoms with Crippen LogP contribution in [-0.2, 0) is 14.3 Å². The third kappa shape index (κ3) is 5.55. The van der Waals surface area contributed by atoms with Crippen molar-refractivity contribution in [2.75, 3.05) is 27.2 Å². The predicted molar refractivity (Wildman–Crippen MR) is 80.1 cm³/mol. The van der Waals surface area contributed by atoms with Crippen LogP contribution in [0, 0.1) is 10.1 Å². The number of nitro benzene ring substituents is 1. The molecule has 0 unspecified atom stereocenters. The molecule has 0 saturated carbocycles. The second kappa shape index (κ2) is 8.08. The fourth-order valence-corrected chi connectivity index (χ4v) is 1.60. The highest BCUT2D eigenvalue weighted by Gasteiger charge is 2.22. The van der Waals surface area contributed by atoms with Crippen molar-refractivity contribution < 1.29 is 24.0 Å². The monoisotopic (exact) mass is 343 g/mol. The molecule has 0 radical (unpaired) electrons. The molecule has 0 aliphatic heterocycles. The van der Waals surface area contributed by atoms with Crippen molar-refractivity contribution in [2.24, 2.45) is 0 Å². The zero-order valence-electron chi connectivity index (χ0n) is 12.4. The summed E-state index contributed by atoms with van der Waals surface area (Å²) in [4.78, 5) is 46.0. The number of nitrogens with one attached hydrogen (secondary N) is 1. The van der Waals surface area contributed by atoms with E-state index in [0.717, 1.165) is 12.1 Å². The van der Waals surface area contributed by atoms with Gasteiger partial charge in [0.2, 0.25) is 5.91 Å². The molecule has 1 N–H and O–H groups in total. The van der Waals surface area contributed by atoms with Gasteiger partial charge in [-0.15, -0.1) is 0 Å². The Kier molecular flexibility index (Phi) is 6.46. The lowest BCUT2D eigenvalue weighted by Crippen LogP contribution is -2.38. The van der Waals surface area contributed by atoms with E-state index < -0.39 is 29.1 Å². The van der Waals surface area contributed by atoms with Gasteiger partial charge in [-0.25, -0.2) is 4.79 Å². The first kappa shape index (κ1) is 18.4. The molecule has 0 saturated heterocycles. The molecular weight excluding hydrogens is 330 g/mol. The first-order chi connectivity index (χ1) is 10.7. The largest absolute Gasteiger partial charge is 0.452 e. The van der Waals surface area contributed by atoms with E-state index in [4.69, 9.17) is 11.6 Å². The van der Waals surface area contributed by atoms with Crippen LogP contribution >= 0.6 is 11.6 Å². The van der Waals surface area contributed by atoms with Gasteiger partial charge < -0.3 is 15.0 Å². The Labute approximate surface area is 136 Å². The molecule has 124 valence electrons. The van der Waals surface area contributed by atoms with E-state index in [0.29, 0.717) is 0 Å².